The van der Waals surface area contributed by atoms with E-state index in [2.05, 4.69) is 30.1 Å². The van der Waals surface area contributed by atoms with E-state index >= 15 is 0 Å². The molecule has 0 radical (unpaired) electrons. The zero-order valence-corrected chi connectivity index (χ0v) is 11.7. The highest BCUT2D eigenvalue weighted by Gasteiger charge is 2.10. The molecule has 0 amide bonds. The molecule has 1 heterocycles. The van der Waals surface area contributed by atoms with Gasteiger partial charge in [-0.2, -0.15) is 0 Å². The molecule has 0 aliphatic carbocycles. The van der Waals surface area contributed by atoms with Crippen LogP contribution in [0.1, 0.15) is 16.7 Å². The minimum Gasteiger partial charge on any atom is -0.392 e. The van der Waals surface area contributed by atoms with E-state index in [1.54, 1.807) is 0 Å². The quantitative estimate of drug-likeness (QED) is 0.757. The molecule has 3 rings (SSSR count). The molecule has 2 heteroatoms. The van der Waals surface area contributed by atoms with Crippen LogP contribution in [0.5, 0.6) is 0 Å². The molecule has 0 saturated heterocycles. The van der Waals surface area contributed by atoms with Crippen LogP contribution in [0.4, 0.5) is 0 Å². The molecule has 0 unspecified atom stereocenters. The Morgan fingerprint density at radius 1 is 1.05 bits per heavy atom. The van der Waals surface area contributed by atoms with Crippen molar-refractivity contribution in [2.24, 2.45) is 0 Å². The summed E-state index contributed by atoms with van der Waals surface area (Å²) in [6, 6.07) is 12.5. The first kappa shape index (κ1) is 12.8. The zero-order chi connectivity index (χ0) is 14.1. The minimum absolute atomic E-state index is 0.0533. The third kappa shape index (κ3) is 2.08. The Labute approximate surface area is 118 Å². The molecule has 2 aromatic carbocycles. The molecule has 0 saturated carbocycles. The van der Waals surface area contributed by atoms with Crippen molar-refractivity contribution in [1.82, 2.24) is 4.98 Å². The summed E-state index contributed by atoms with van der Waals surface area (Å²) < 4.78 is 0. The lowest BCUT2D eigenvalue weighted by Crippen LogP contribution is -1.94. The standard InChI is InChI=1S/C18H17NO/c1-12-8-14-6-7-19-10-17(14)16(9-12)15-5-3-4-13(2)18(15)11-20/h3-10,20H,11H2,1-2H3. The molecule has 0 spiro atoms. The molecule has 0 atom stereocenters. The molecule has 20 heavy (non-hydrogen) atoms. The number of aromatic nitrogens is 1. The van der Waals surface area contributed by atoms with E-state index in [1.807, 2.05) is 37.5 Å². The fourth-order valence-corrected chi connectivity index (χ4v) is 2.74. The van der Waals surface area contributed by atoms with Gasteiger partial charge >= 0.3 is 0 Å². The van der Waals surface area contributed by atoms with Crippen LogP contribution in [0.15, 0.2) is 48.8 Å². The highest BCUT2D eigenvalue weighted by molar-refractivity contribution is 5.97. The first-order valence-electron chi connectivity index (χ1n) is 6.75. The lowest BCUT2D eigenvalue weighted by Gasteiger charge is -2.14. The number of fused-ring (bicyclic) bond motifs is 1. The van der Waals surface area contributed by atoms with Crippen LogP contribution < -0.4 is 0 Å². The molecule has 0 fully saturated rings. The van der Waals surface area contributed by atoms with Gasteiger partial charge in [0.15, 0.2) is 0 Å². The molecule has 0 aliphatic rings. The van der Waals surface area contributed by atoms with Crippen LogP contribution in [0.2, 0.25) is 0 Å². The average molecular weight is 263 g/mol. The van der Waals surface area contributed by atoms with Crippen LogP contribution >= 0.6 is 0 Å². The molecular formula is C18H17NO. The molecule has 1 aromatic heterocycles. The molecular weight excluding hydrogens is 246 g/mol. The van der Waals surface area contributed by atoms with Gasteiger partial charge in [0.25, 0.3) is 0 Å². The summed E-state index contributed by atoms with van der Waals surface area (Å²) in [6.07, 6.45) is 3.71. The van der Waals surface area contributed by atoms with Crippen LogP contribution in [-0.4, -0.2) is 10.1 Å². The number of hydrogen-bond donors (Lipinski definition) is 1. The van der Waals surface area contributed by atoms with E-state index in [9.17, 15) is 5.11 Å². The normalized spacial score (nSPS) is 10.9. The average Bonchev–Trinajstić information content (AvgIpc) is 2.46. The summed E-state index contributed by atoms with van der Waals surface area (Å²) in [4.78, 5) is 4.24. The van der Waals surface area contributed by atoms with E-state index in [-0.39, 0.29) is 6.61 Å². The Kier molecular flexibility index (Phi) is 3.25. The number of aliphatic hydroxyl groups is 1. The molecule has 0 bridgehead atoms. The van der Waals surface area contributed by atoms with Gasteiger partial charge in [0.1, 0.15) is 0 Å². The summed E-state index contributed by atoms with van der Waals surface area (Å²) in [5.74, 6) is 0. The van der Waals surface area contributed by atoms with Gasteiger partial charge in [-0.1, -0.05) is 30.3 Å². The highest BCUT2D eigenvalue weighted by Crippen LogP contribution is 2.33. The molecule has 1 N–H and O–H groups in total. The second kappa shape index (κ2) is 5.06. The number of hydrogen-bond acceptors (Lipinski definition) is 2. The van der Waals surface area contributed by atoms with Crippen LogP contribution in [0.3, 0.4) is 0 Å². The third-order valence-corrected chi connectivity index (χ3v) is 3.76. The van der Waals surface area contributed by atoms with Gasteiger partial charge in [0.05, 0.1) is 6.61 Å². The Bertz CT molecular complexity index is 777. The van der Waals surface area contributed by atoms with E-state index in [0.29, 0.717) is 0 Å². The summed E-state index contributed by atoms with van der Waals surface area (Å²) in [5.41, 5.74) is 5.55. The van der Waals surface area contributed by atoms with Crippen molar-refractivity contribution in [3.63, 3.8) is 0 Å². The van der Waals surface area contributed by atoms with E-state index in [1.165, 1.54) is 10.9 Å². The lowest BCUT2D eigenvalue weighted by atomic mass is 9.92. The van der Waals surface area contributed by atoms with Crippen molar-refractivity contribution in [3.05, 3.63) is 65.5 Å². The number of benzene rings is 2. The van der Waals surface area contributed by atoms with Crippen molar-refractivity contribution in [3.8, 4) is 11.1 Å². The van der Waals surface area contributed by atoms with Crippen molar-refractivity contribution >= 4 is 10.8 Å². The second-order valence-electron chi connectivity index (χ2n) is 5.17. The van der Waals surface area contributed by atoms with Gasteiger partial charge in [0.2, 0.25) is 0 Å². The first-order valence-corrected chi connectivity index (χ1v) is 6.75. The van der Waals surface area contributed by atoms with Crippen molar-refractivity contribution < 1.29 is 5.11 Å². The maximum atomic E-state index is 9.69. The Hall–Kier alpha value is -2.19. The summed E-state index contributed by atoms with van der Waals surface area (Å²) in [7, 11) is 0. The maximum absolute atomic E-state index is 9.69. The number of rotatable bonds is 2. The molecule has 0 aliphatic heterocycles. The number of nitrogens with zero attached hydrogens (tertiary/aromatic N) is 1. The lowest BCUT2D eigenvalue weighted by molar-refractivity contribution is 0.281. The summed E-state index contributed by atoms with van der Waals surface area (Å²) >= 11 is 0. The summed E-state index contributed by atoms with van der Waals surface area (Å²) in [5, 5.41) is 12.0. The fourth-order valence-electron chi connectivity index (χ4n) is 2.74. The largest absolute Gasteiger partial charge is 0.392 e. The SMILES string of the molecule is Cc1cc(-c2cccc(C)c2CO)c2cnccc2c1. The van der Waals surface area contributed by atoms with Gasteiger partial charge in [-0.05, 0) is 53.1 Å². The van der Waals surface area contributed by atoms with Crippen molar-refractivity contribution in [2.45, 2.75) is 20.5 Å². The van der Waals surface area contributed by atoms with Gasteiger partial charge in [-0.3, -0.25) is 4.98 Å². The fraction of sp³-hybridized carbons (Fsp3) is 0.167. The number of pyridine rings is 1. The smallest absolute Gasteiger partial charge is 0.0690 e. The zero-order valence-electron chi connectivity index (χ0n) is 11.7. The molecule has 3 aromatic rings. The predicted molar refractivity (Wildman–Crippen MR) is 82.6 cm³/mol. The van der Waals surface area contributed by atoms with Crippen LogP contribution in [-0.2, 0) is 6.61 Å². The van der Waals surface area contributed by atoms with Crippen molar-refractivity contribution in [1.29, 1.82) is 0 Å². The summed E-state index contributed by atoms with van der Waals surface area (Å²) in [6.45, 7) is 4.18. The van der Waals surface area contributed by atoms with E-state index in [0.717, 1.165) is 27.6 Å². The molecule has 2 nitrogen and oxygen atoms in total. The predicted octanol–water partition coefficient (Wildman–Crippen LogP) is 4.01. The Morgan fingerprint density at radius 2 is 1.90 bits per heavy atom. The van der Waals surface area contributed by atoms with Crippen molar-refractivity contribution in [2.75, 3.05) is 0 Å². The number of aliphatic hydroxyl groups excluding tert-OH is 1. The molecule has 100 valence electrons. The monoisotopic (exact) mass is 263 g/mol. The van der Waals surface area contributed by atoms with Gasteiger partial charge in [-0.25, -0.2) is 0 Å². The van der Waals surface area contributed by atoms with Crippen LogP contribution in [0.25, 0.3) is 21.9 Å². The third-order valence-electron chi connectivity index (χ3n) is 3.76. The maximum Gasteiger partial charge on any atom is 0.0690 e. The highest BCUT2D eigenvalue weighted by atomic mass is 16.3. The van der Waals surface area contributed by atoms with Gasteiger partial charge < -0.3 is 5.11 Å². The Morgan fingerprint density at radius 3 is 2.70 bits per heavy atom. The number of aryl methyl sites for hydroxylation is 2. The minimum atomic E-state index is 0.0533. The van der Waals surface area contributed by atoms with Gasteiger partial charge in [-0.15, -0.1) is 0 Å². The topological polar surface area (TPSA) is 33.1 Å². The first-order chi connectivity index (χ1) is 9.70. The van der Waals surface area contributed by atoms with E-state index < -0.39 is 0 Å². The second-order valence-corrected chi connectivity index (χ2v) is 5.17. The van der Waals surface area contributed by atoms with Gasteiger partial charge in [0, 0.05) is 17.8 Å². The Balaban J connectivity index is 2.38. The van der Waals surface area contributed by atoms with Crippen LogP contribution in [0, 0.1) is 13.8 Å². The van der Waals surface area contributed by atoms with E-state index in [4.69, 9.17) is 0 Å².